The van der Waals surface area contributed by atoms with Crippen LogP contribution in [0.25, 0.3) is 0 Å². The van der Waals surface area contributed by atoms with Gasteiger partial charge in [-0.15, -0.1) is 5.10 Å². The van der Waals surface area contributed by atoms with E-state index >= 15 is 0 Å². The zero-order valence-corrected chi connectivity index (χ0v) is 11.6. The van der Waals surface area contributed by atoms with Gasteiger partial charge in [-0.3, -0.25) is 0 Å². The largest absolute Gasteiger partial charge is 0.381 e. The predicted molar refractivity (Wildman–Crippen MR) is 67.4 cm³/mol. The van der Waals surface area contributed by atoms with Crippen LogP contribution in [0.3, 0.4) is 0 Å². The molecule has 1 aromatic rings. The zero-order chi connectivity index (χ0) is 13.3. The monoisotopic (exact) mass is 260 g/mol. The van der Waals surface area contributed by atoms with Crippen LogP contribution >= 0.6 is 0 Å². The first kappa shape index (κ1) is 14.0. The van der Waals surface area contributed by atoms with Crippen LogP contribution < -0.4 is 5.73 Å². The second kappa shape index (κ2) is 4.64. The second-order valence-corrected chi connectivity index (χ2v) is 7.79. The van der Waals surface area contributed by atoms with E-state index in [0.717, 1.165) is 5.69 Å². The number of aromatic nitrogens is 3. The Bertz CT molecular complexity index is 485. The number of nitrogens with two attached hydrogens (primary N) is 1. The van der Waals surface area contributed by atoms with Gasteiger partial charge in [-0.05, 0) is 27.2 Å². The number of hydrogen-bond donors (Lipinski definition) is 1. The molecule has 6 nitrogen and oxygen atoms in total. The van der Waals surface area contributed by atoms with Gasteiger partial charge in [-0.2, -0.15) is 0 Å². The summed E-state index contributed by atoms with van der Waals surface area (Å²) in [5, 5.41) is 7.60. The lowest BCUT2D eigenvalue weighted by atomic mass is 10.3. The fourth-order valence-electron chi connectivity index (χ4n) is 1.40. The highest BCUT2D eigenvalue weighted by Crippen LogP contribution is 2.17. The quantitative estimate of drug-likeness (QED) is 0.857. The predicted octanol–water partition coefficient (Wildman–Crippen LogP) is 0.636. The van der Waals surface area contributed by atoms with Crippen molar-refractivity contribution in [3.63, 3.8) is 0 Å². The summed E-state index contributed by atoms with van der Waals surface area (Å²) in [5.41, 5.74) is 6.42. The van der Waals surface area contributed by atoms with Crippen molar-refractivity contribution in [2.45, 2.75) is 45.4 Å². The molecule has 1 rings (SSSR count). The Morgan fingerprint density at radius 3 is 2.41 bits per heavy atom. The van der Waals surface area contributed by atoms with Crippen molar-refractivity contribution in [3.05, 3.63) is 5.69 Å². The SMILES string of the molecule is CCc1c(N)nnn1CCS(=O)(=O)C(C)(C)C. The van der Waals surface area contributed by atoms with E-state index in [1.54, 1.807) is 25.5 Å². The number of nitrogens with zero attached hydrogens (tertiary/aromatic N) is 3. The van der Waals surface area contributed by atoms with Crippen LogP contribution in [0.15, 0.2) is 0 Å². The van der Waals surface area contributed by atoms with Crippen LogP contribution in [0.4, 0.5) is 5.82 Å². The molecule has 0 radical (unpaired) electrons. The highest BCUT2D eigenvalue weighted by Gasteiger charge is 2.28. The first-order valence-corrected chi connectivity index (χ1v) is 7.24. The molecular weight excluding hydrogens is 240 g/mol. The maximum Gasteiger partial charge on any atom is 0.169 e. The minimum atomic E-state index is -3.14. The molecule has 0 saturated carbocycles. The third-order valence-corrected chi connectivity index (χ3v) is 5.29. The third-order valence-electron chi connectivity index (χ3n) is 2.71. The Hall–Kier alpha value is -1.11. The van der Waals surface area contributed by atoms with Gasteiger partial charge in [0, 0.05) is 0 Å². The number of anilines is 1. The molecule has 1 heterocycles. The number of aryl methyl sites for hydroxylation is 1. The van der Waals surface area contributed by atoms with Crippen LogP contribution in [-0.4, -0.2) is 33.9 Å². The molecule has 17 heavy (non-hydrogen) atoms. The molecule has 0 aliphatic carbocycles. The van der Waals surface area contributed by atoms with E-state index in [1.807, 2.05) is 6.92 Å². The Labute approximate surface area is 102 Å². The molecular formula is C10H20N4O2S. The normalized spacial score (nSPS) is 12.9. The van der Waals surface area contributed by atoms with Crippen molar-refractivity contribution >= 4 is 15.7 Å². The number of nitrogen functional groups attached to an aromatic ring is 1. The average molecular weight is 260 g/mol. The smallest absolute Gasteiger partial charge is 0.169 e. The van der Waals surface area contributed by atoms with Gasteiger partial charge in [-0.1, -0.05) is 12.1 Å². The highest BCUT2D eigenvalue weighted by atomic mass is 32.2. The van der Waals surface area contributed by atoms with Gasteiger partial charge in [0.1, 0.15) is 0 Å². The Kier molecular flexibility index (Phi) is 3.81. The van der Waals surface area contributed by atoms with Crippen LogP contribution in [0, 0.1) is 0 Å². The fraction of sp³-hybridized carbons (Fsp3) is 0.800. The molecule has 0 aromatic carbocycles. The number of hydrogen-bond acceptors (Lipinski definition) is 5. The molecule has 0 bridgehead atoms. The average Bonchev–Trinajstić information content (AvgIpc) is 2.54. The van der Waals surface area contributed by atoms with Crippen LogP contribution in [0.2, 0.25) is 0 Å². The van der Waals surface area contributed by atoms with Crippen molar-refractivity contribution in [1.29, 1.82) is 0 Å². The standard InChI is InChI=1S/C10H20N4O2S/c1-5-8-9(11)12-13-14(8)6-7-17(15,16)10(2,3)4/h5-7,11H2,1-4H3. The van der Waals surface area contributed by atoms with E-state index in [-0.39, 0.29) is 5.75 Å². The highest BCUT2D eigenvalue weighted by molar-refractivity contribution is 7.92. The molecule has 2 N–H and O–H groups in total. The number of rotatable bonds is 4. The van der Waals surface area contributed by atoms with Gasteiger partial charge < -0.3 is 5.73 Å². The van der Waals surface area contributed by atoms with E-state index < -0.39 is 14.6 Å². The van der Waals surface area contributed by atoms with E-state index in [1.165, 1.54) is 0 Å². The lowest BCUT2D eigenvalue weighted by molar-refractivity contribution is 0.540. The summed E-state index contributed by atoms with van der Waals surface area (Å²) in [6.45, 7) is 7.31. The molecule has 7 heteroatoms. The van der Waals surface area contributed by atoms with Crippen LogP contribution in [-0.2, 0) is 22.8 Å². The summed E-state index contributed by atoms with van der Waals surface area (Å²) in [6.07, 6.45) is 0.689. The molecule has 0 spiro atoms. The molecule has 0 amide bonds. The Balaban J connectivity index is 2.82. The van der Waals surface area contributed by atoms with E-state index in [4.69, 9.17) is 5.73 Å². The summed E-state index contributed by atoms with van der Waals surface area (Å²) >= 11 is 0. The van der Waals surface area contributed by atoms with Crippen molar-refractivity contribution in [2.24, 2.45) is 0 Å². The lowest BCUT2D eigenvalue weighted by Crippen LogP contribution is -2.32. The number of sulfone groups is 1. The van der Waals surface area contributed by atoms with E-state index in [2.05, 4.69) is 10.3 Å². The fourth-order valence-corrected chi connectivity index (χ4v) is 2.43. The second-order valence-electron chi connectivity index (χ2n) is 4.93. The Morgan fingerprint density at radius 1 is 1.35 bits per heavy atom. The van der Waals surface area contributed by atoms with Crippen molar-refractivity contribution in [3.8, 4) is 0 Å². The van der Waals surface area contributed by atoms with Gasteiger partial charge in [0.2, 0.25) is 0 Å². The first-order chi connectivity index (χ1) is 7.69. The van der Waals surface area contributed by atoms with Gasteiger partial charge in [0.25, 0.3) is 0 Å². The molecule has 0 atom stereocenters. The minimum Gasteiger partial charge on any atom is -0.381 e. The van der Waals surface area contributed by atoms with Gasteiger partial charge in [-0.25, -0.2) is 13.1 Å². The van der Waals surface area contributed by atoms with Crippen LogP contribution in [0.1, 0.15) is 33.4 Å². The summed E-state index contributed by atoms with van der Waals surface area (Å²) in [7, 11) is -3.14. The topological polar surface area (TPSA) is 90.9 Å². The molecule has 0 aliphatic heterocycles. The van der Waals surface area contributed by atoms with Crippen molar-refractivity contribution in [1.82, 2.24) is 15.0 Å². The zero-order valence-electron chi connectivity index (χ0n) is 10.8. The summed E-state index contributed by atoms with van der Waals surface area (Å²) in [6, 6.07) is 0. The molecule has 0 unspecified atom stereocenters. The maximum atomic E-state index is 11.9. The van der Waals surface area contributed by atoms with Crippen molar-refractivity contribution < 1.29 is 8.42 Å². The minimum absolute atomic E-state index is 0.0479. The lowest BCUT2D eigenvalue weighted by Gasteiger charge is -2.19. The van der Waals surface area contributed by atoms with Gasteiger partial charge in [0.15, 0.2) is 15.7 Å². The summed E-state index contributed by atoms with van der Waals surface area (Å²) in [4.78, 5) is 0. The first-order valence-electron chi connectivity index (χ1n) is 5.59. The molecule has 0 saturated heterocycles. The summed E-state index contributed by atoms with van der Waals surface area (Å²) in [5.74, 6) is 0.424. The molecule has 0 fully saturated rings. The van der Waals surface area contributed by atoms with Crippen molar-refractivity contribution in [2.75, 3.05) is 11.5 Å². The van der Waals surface area contributed by atoms with Crippen LogP contribution in [0.5, 0.6) is 0 Å². The van der Waals surface area contributed by atoms with E-state index in [9.17, 15) is 8.42 Å². The third kappa shape index (κ3) is 2.96. The molecule has 0 aliphatic rings. The molecule has 98 valence electrons. The van der Waals surface area contributed by atoms with E-state index in [0.29, 0.717) is 18.8 Å². The maximum absolute atomic E-state index is 11.9. The Morgan fingerprint density at radius 2 is 1.94 bits per heavy atom. The summed E-state index contributed by atoms with van der Waals surface area (Å²) < 4.78 is 24.7. The molecule has 1 aromatic heterocycles. The van der Waals surface area contributed by atoms with Gasteiger partial charge >= 0.3 is 0 Å². The van der Waals surface area contributed by atoms with Gasteiger partial charge in [0.05, 0.1) is 22.7 Å².